The molecular weight excluding hydrogens is 398 g/mol. The van der Waals surface area contributed by atoms with Gasteiger partial charge in [0.15, 0.2) is 5.78 Å². The van der Waals surface area contributed by atoms with E-state index in [-0.39, 0.29) is 30.2 Å². The summed E-state index contributed by atoms with van der Waals surface area (Å²) in [5.41, 5.74) is 1.42. The van der Waals surface area contributed by atoms with Crippen LogP contribution in [0.2, 0.25) is 0 Å². The average Bonchev–Trinajstić information content (AvgIpc) is 2.93. The summed E-state index contributed by atoms with van der Waals surface area (Å²) in [5, 5.41) is 4.69. The molecule has 0 aliphatic carbocycles. The molecule has 1 aromatic heterocycles. The minimum atomic E-state index is -0.600. The summed E-state index contributed by atoms with van der Waals surface area (Å²) in [6, 6.07) is -0.102. The van der Waals surface area contributed by atoms with E-state index in [9.17, 15) is 14.4 Å². The largest absolute Gasteiger partial charge is 0.444 e. The normalized spacial score (nSPS) is 21.6. The summed E-state index contributed by atoms with van der Waals surface area (Å²) >= 11 is 0. The number of ketones is 1. The molecule has 0 saturated heterocycles. The molecule has 31 heavy (non-hydrogen) atoms. The van der Waals surface area contributed by atoms with Crippen LogP contribution in [0.5, 0.6) is 0 Å². The van der Waals surface area contributed by atoms with E-state index in [1.807, 2.05) is 41.8 Å². The van der Waals surface area contributed by atoms with Gasteiger partial charge in [0.2, 0.25) is 0 Å². The highest BCUT2D eigenvalue weighted by molar-refractivity contribution is 5.97. The van der Waals surface area contributed by atoms with E-state index < -0.39 is 11.7 Å². The van der Waals surface area contributed by atoms with Crippen LogP contribution in [0.1, 0.15) is 49.4 Å². The lowest BCUT2D eigenvalue weighted by Crippen LogP contribution is -2.45. The Balaban J connectivity index is 1.92. The Hall–Kier alpha value is -2.84. The second-order valence-electron chi connectivity index (χ2n) is 9.68. The third-order valence-electron chi connectivity index (χ3n) is 5.49. The zero-order chi connectivity index (χ0) is 23.1. The van der Waals surface area contributed by atoms with Crippen molar-refractivity contribution in [1.82, 2.24) is 24.5 Å². The molecule has 0 radical (unpaired) electrons. The van der Waals surface area contributed by atoms with Crippen LogP contribution in [-0.4, -0.2) is 81.6 Å². The number of carbonyl (C=O) groups is 3. The number of allylic oxidation sites excluding steroid dienone is 1. The molecule has 9 heteroatoms. The van der Waals surface area contributed by atoms with Crippen LogP contribution in [0.3, 0.4) is 0 Å². The maximum atomic E-state index is 13.2. The van der Waals surface area contributed by atoms with Crippen molar-refractivity contribution in [1.29, 1.82) is 0 Å². The van der Waals surface area contributed by atoms with Crippen molar-refractivity contribution >= 4 is 17.8 Å². The van der Waals surface area contributed by atoms with Gasteiger partial charge in [-0.1, -0.05) is 0 Å². The standard InChI is InChI=1S/C22H33N5O4/c1-14-10-17-16(13-26(14)21(30)31-22(2,3)4)19-20(29)25(7)11-15(12-27(19)23-17)18(28)8-9-24(5)6/h8-9,14-15H,10-13H2,1-7H3/b9-8+/t14-,15?/m1/s1. The van der Waals surface area contributed by atoms with Crippen molar-refractivity contribution in [3.05, 3.63) is 29.2 Å². The van der Waals surface area contributed by atoms with Gasteiger partial charge in [0.25, 0.3) is 5.91 Å². The quantitative estimate of drug-likeness (QED) is 0.680. The lowest BCUT2D eigenvalue weighted by atomic mass is 9.99. The van der Waals surface area contributed by atoms with Gasteiger partial charge in [0.1, 0.15) is 11.3 Å². The van der Waals surface area contributed by atoms with Crippen LogP contribution in [0.15, 0.2) is 12.3 Å². The number of hydrogen-bond donors (Lipinski definition) is 0. The molecule has 0 aromatic carbocycles. The predicted molar refractivity (Wildman–Crippen MR) is 115 cm³/mol. The van der Waals surface area contributed by atoms with E-state index in [2.05, 4.69) is 5.10 Å². The molecule has 2 aliphatic heterocycles. The van der Waals surface area contributed by atoms with Crippen LogP contribution >= 0.6 is 0 Å². The Labute approximate surface area is 183 Å². The van der Waals surface area contributed by atoms with Gasteiger partial charge in [-0.2, -0.15) is 5.10 Å². The monoisotopic (exact) mass is 431 g/mol. The van der Waals surface area contributed by atoms with Gasteiger partial charge in [0, 0.05) is 51.9 Å². The van der Waals surface area contributed by atoms with E-state index in [1.54, 1.807) is 38.7 Å². The number of hydrogen-bond acceptors (Lipinski definition) is 6. The fraction of sp³-hybridized carbons (Fsp3) is 0.636. The molecule has 0 bridgehead atoms. The Morgan fingerprint density at radius 1 is 1.23 bits per heavy atom. The Morgan fingerprint density at radius 2 is 1.90 bits per heavy atom. The van der Waals surface area contributed by atoms with Gasteiger partial charge in [-0.05, 0) is 33.8 Å². The van der Waals surface area contributed by atoms with Gasteiger partial charge >= 0.3 is 6.09 Å². The summed E-state index contributed by atoms with van der Waals surface area (Å²) in [7, 11) is 5.40. The summed E-state index contributed by atoms with van der Waals surface area (Å²) in [6.07, 6.45) is 3.39. The number of nitrogens with zero attached hydrogens (tertiary/aromatic N) is 5. The highest BCUT2D eigenvalue weighted by Gasteiger charge is 2.39. The molecule has 1 aromatic rings. The second-order valence-corrected chi connectivity index (χ2v) is 9.68. The topological polar surface area (TPSA) is 88.0 Å². The maximum Gasteiger partial charge on any atom is 0.410 e. The molecule has 2 atom stereocenters. The SMILES string of the molecule is C[C@@H]1Cc2nn3c(c2CN1C(=O)OC(C)(C)C)C(=O)N(C)CC(C(=O)/C=C/N(C)C)C3. The second kappa shape index (κ2) is 8.36. The van der Waals surface area contributed by atoms with E-state index in [0.717, 1.165) is 11.3 Å². The van der Waals surface area contributed by atoms with Crippen molar-refractivity contribution in [2.45, 2.75) is 58.8 Å². The minimum Gasteiger partial charge on any atom is -0.444 e. The number of fused-ring (bicyclic) bond motifs is 3. The molecule has 3 rings (SSSR count). The van der Waals surface area contributed by atoms with Gasteiger partial charge in [-0.25, -0.2) is 4.79 Å². The van der Waals surface area contributed by atoms with Crippen molar-refractivity contribution in [3.63, 3.8) is 0 Å². The smallest absolute Gasteiger partial charge is 0.410 e. The van der Waals surface area contributed by atoms with Crippen LogP contribution < -0.4 is 0 Å². The molecular formula is C22H33N5O4. The van der Waals surface area contributed by atoms with Crippen molar-refractivity contribution in [2.24, 2.45) is 5.92 Å². The van der Waals surface area contributed by atoms with Crippen molar-refractivity contribution in [3.8, 4) is 0 Å². The van der Waals surface area contributed by atoms with E-state index in [1.165, 1.54) is 0 Å². The zero-order valence-electron chi connectivity index (χ0n) is 19.5. The molecule has 3 heterocycles. The Kier molecular flexibility index (Phi) is 6.16. The predicted octanol–water partition coefficient (Wildman–Crippen LogP) is 1.91. The highest BCUT2D eigenvalue weighted by Crippen LogP contribution is 2.30. The molecule has 2 aliphatic rings. The fourth-order valence-electron chi connectivity index (χ4n) is 3.93. The fourth-order valence-corrected chi connectivity index (χ4v) is 3.93. The third-order valence-corrected chi connectivity index (χ3v) is 5.49. The first kappa shape index (κ1) is 22.8. The molecule has 0 N–H and O–H groups in total. The summed E-state index contributed by atoms with van der Waals surface area (Å²) < 4.78 is 7.22. The van der Waals surface area contributed by atoms with Crippen LogP contribution in [0.4, 0.5) is 4.79 Å². The molecule has 0 fully saturated rings. The van der Waals surface area contributed by atoms with E-state index in [0.29, 0.717) is 25.2 Å². The third kappa shape index (κ3) is 4.91. The first-order valence-electron chi connectivity index (χ1n) is 10.6. The number of aromatic nitrogens is 2. The van der Waals surface area contributed by atoms with E-state index >= 15 is 0 Å². The zero-order valence-corrected chi connectivity index (χ0v) is 19.5. The first-order valence-corrected chi connectivity index (χ1v) is 10.6. The molecule has 1 unspecified atom stereocenters. The maximum absolute atomic E-state index is 13.2. The number of ether oxygens (including phenoxy) is 1. The number of carbonyl (C=O) groups excluding carboxylic acids is 3. The van der Waals surface area contributed by atoms with Gasteiger partial charge in [0.05, 0.1) is 24.7 Å². The van der Waals surface area contributed by atoms with Crippen LogP contribution in [0, 0.1) is 5.92 Å². The summed E-state index contributed by atoms with van der Waals surface area (Å²) in [4.78, 5) is 43.7. The summed E-state index contributed by atoms with van der Waals surface area (Å²) in [5.74, 6) is -0.607. The Morgan fingerprint density at radius 3 is 2.52 bits per heavy atom. The van der Waals surface area contributed by atoms with Crippen LogP contribution in [-0.2, 0) is 29.0 Å². The number of rotatable bonds is 3. The highest BCUT2D eigenvalue weighted by atomic mass is 16.6. The molecule has 0 spiro atoms. The van der Waals surface area contributed by atoms with Crippen LogP contribution in [0.25, 0.3) is 0 Å². The average molecular weight is 432 g/mol. The van der Waals surface area contributed by atoms with Crippen molar-refractivity contribution < 1.29 is 19.1 Å². The molecule has 0 saturated carbocycles. The molecule has 9 nitrogen and oxygen atoms in total. The first-order chi connectivity index (χ1) is 14.4. The van der Waals surface area contributed by atoms with E-state index in [4.69, 9.17) is 4.74 Å². The minimum absolute atomic E-state index is 0.0431. The lowest BCUT2D eigenvalue weighted by molar-refractivity contribution is -0.118. The lowest BCUT2D eigenvalue weighted by Gasteiger charge is -2.34. The van der Waals surface area contributed by atoms with Gasteiger partial charge in [-0.3, -0.25) is 14.3 Å². The Bertz CT molecular complexity index is 912. The van der Waals surface area contributed by atoms with Crippen molar-refractivity contribution in [2.75, 3.05) is 27.7 Å². The molecule has 170 valence electrons. The van der Waals surface area contributed by atoms with Gasteiger partial charge in [-0.15, -0.1) is 0 Å². The van der Waals surface area contributed by atoms with Gasteiger partial charge < -0.3 is 19.4 Å². The molecule has 2 amide bonds. The summed E-state index contributed by atoms with van der Waals surface area (Å²) in [6.45, 7) is 8.35. The number of amides is 2.